The molecule has 0 aliphatic heterocycles. The van der Waals surface area contributed by atoms with Gasteiger partial charge in [0.25, 0.3) is 10.0 Å². The van der Waals surface area contributed by atoms with Gasteiger partial charge in [0.2, 0.25) is 0 Å². The van der Waals surface area contributed by atoms with E-state index in [-0.39, 0.29) is 4.90 Å². The molecule has 8 heteroatoms. The van der Waals surface area contributed by atoms with Gasteiger partial charge in [-0.05, 0) is 38.1 Å². The molecule has 0 saturated carbocycles. The fourth-order valence-corrected chi connectivity index (χ4v) is 4.41. The van der Waals surface area contributed by atoms with Gasteiger partial charge >= 0.3 is 11.9 Å². The highest BCUT2D eigenvalue weighted by molar-refractivity contribution is 7.90. The van der Waals surface area contributed by atoms with Gasteiger partial charge in [-0.15, -0.1) is 0 Å². The summed E-state index contributed by atoms with van der Waals surface area (Å²) >= 11 is 0. The summed E-state index contributed by atoms with van der Waals surface area (Å²) in [6, 6.07) is 8.00. The maximum absolute atomic E-state index is 13.2. The highest BCUT2D eigenvalue weighted by atomic mass is 32.2. The summed E-state index contributed by atoms with van der Waals surface area (Å²) in [5, 5.41) is 0. The maximum Gasteiger partial charge on any atom is 0.330 e. The average Bonchev–Trinajstić information content (AvgIpc) is 2.94. The third-order valence-electron chi connectivity index (χ3n) is 4.13. The molecule has 148 valence electrons. The topological polar surface area (TPSA) is 91.7 Å². The third-order valence-corrected chi connectivity index (χ3v) is 6.03. The van der Waals surface area contributed by atoms with Crippen LogP contribution in [0.1, 0.15) is 22.5 Å². The number of nitrogens with zero attached hydrogens (tertiary/aromatic N) is 1. The first-order valence-electron chi connectivity index (χ1n) is 8.28. The molecular weight excluding hydrogens is 382 g/mol. The molecule has 0 aliphatic rings. The summed E-state index contributed by atoms with van der Waals surface area (Å²) in [6.07, 6.45) is 5.30. The summed E-state index contributed by atoms with van der Waals surface area (Å²) in [5.74, 6) is -1.17. The molecule has 0 radical (unpaired) electrons. The van der Waals surface area contributed by atoms with Crippen molar-refractivity contribution in [2.24, 2.45) is 0 Å². The zero-order valence-corrected chi connectivity index (χ0v) is 16.8. The Morgan fingerprint density at radius 3 is 1.68 bits per heavy atom. The second-order valence-corrected chi connectivity index (χ2v) is 7.58. The summed E-state index contributed by atoms with van der Waals surface area (Å²) in [4.78, 5) is 23.1. The molecule has 0 N–H and O–H groups in total. The molecule has 1 heterocycles. The van der Waals surface area contributed by atoms with Crippen molar-refractivity contribution in [3.63, 3.8) is 0 Å². The number of hydrogen-bond acceptors (Lipinski definition) is 6. The van der Waals surface area contributed by atoms with Gasteiger partial charge in [0.05, 0.1) is 19.1 Å². The Morgan fingerprint density at radius 1 is 0.857 bits per heavy atom. The quantitative estimate of drug-likeness (QED) is 0.544. The van der Waals surface area contributed by atoms with Crippen molar-refractivity contribution in [1.29, 1.82) is 0 Å². The lowest BCUT2D eigenvalue weighted by Gasteiger charge is -2.11. The summed E-state index contributed by atoms with van der Waals surface area (Å²) in [7, 11) is -1.39. The van der Waals surface area contributed by atoms with E-state index in [2.05, 4.69) is 9.47 Å². The lowest BCUT2D eigenvalue weighted by Crippen LogP contribution is -2.16. The fraction of sp³-hybridized carbons (Fsp3) is 0.200. The number of benzene rings is 1. The number of rotatable bonds is 6. The number of methoxy groups -OCH3 is 2. The normalized spacial score (nSPS) is 11.9. The van der Waals surface area contributed by atoms with Crippen LogP contribution in [0.25, 0.3) is 12.2 Å². The van der Waals surface area contributed by atoms with Crippen molar-refractivity contribution < 1.29 is 27.5 Å². The zero-order valence-electron chi connectivity index (χ0n) is 16.0. The molecule has 7 nitrogen and oxygen atoms in total. The molecule has 1 aromatic carbocycles. The van der Waals surface area contributed by atoms with E-state index in [1.165, 1.54) is 54.6 Å². The van der Waals surface area contributed by atoms with Crippen molar-refractivity contribution in [2.75, 3.05) is 14.2 Å². The van der Waals surface area contributed by atoms with Crippen LogP contribution in [-0.2, 0) is 29.1 Å². The van der Waals surface area contributed by atoms with E-state index < -0.39 is 22.0 Å². The summed E-state index contributed by atoms with van der Waals surface area (Å²) < 4.78 is 36.7. The first-order valence-corrected chi connectivity index (χ1v) is 9.72. The van der Waals surface area contributed by atoms with E-state index in [1.807, 2.05) is 0 Å². The van der Waals surface area contributed by atoms with E-state index in [4.69, 9.17) is 0 Å². The average molecular weight is 403 g/mol. The monoisotopic (exact) mass is 403 g/mol. The predicted molar refractivity (Wildman–Crippen MR) is 105 cm³/mol. The van der Waals surface area contributed by atoms with Crippen molar-refractivity contribution in [2.45, 2.75) is 18.7 Å². The van der Waals surface area contributed by atoms with Crippen LogP contribution < -0.4 is 0 Å². The maximum atomic E-state index is 13.2. The van der Waals surface area contributed by atoms with Crippen LogP contribution in [0, 0.1) is 13.8 Å². The number of aromatic nitrogens is 1. The van der Waals surface area contributed by atoms with Crippen molar-refractivity contribution in [1.82, 2.24) is 3.97 Å². The molecule has 28 heavy (non-hydrogen) atoms. The van der Waals surface area contributed by atoms with Gasteiger partial charge in [-0.25, -0.2) is 22.0 Å². The minimum Gasteiger partial charge on any atom is -0.466 e. The number of carbonyl (C=O) groups excluding carboxylic acids is 2. The molecule has 2 aromatic rings. The molecule has 0 atom stereocenters. The zero-order chi connectivity index (χ0) is 20.9. The molecular formula is C20H21NO6S. The summed E-state index contributed by atoms with van der Waals surface area (Å²) in [5.41, 5.74) is 1.74. The van der Waals surface area contributed by atoms with Gasteiger partial charge < -0.3 is 9.47 Å². The number of esters is 2. The van der Waals surface area contributed by atoms with Gasteiger partial charge in [0, 0.05) is 34.7 Å². The van der Waals surface area contributed by atoms with E-state index in [9.17, 15) is 18.0 Å². The Bertz CT molecular complexity index is 997. The minimum atomic E-state index is -3.87. The second-order valence-electron chi connectivity index (χ2n) is 5.79. The van der Waals surface area contributed by atoms with Gasteiger partial charge in [-0.3, -0.25) is 0 Å². The Hall–Kier alpha value is -3.13. The van der Waals surface area contributed by atoms with E-state index in [0.717, 1.165) is 0 Å². The second kappa shape index (κ2) is 8.71. The first kappa shape index (κ1) is 21.2. The lowest BCUT2D eigenvalue weighted by molar-refractivity contribution is -0.135. The van der Waals surface area contributed by atoms with Crippen molar-refractivity contribution in [3.05, 3.63) is 65.0 Å². The van der Waals surface area contributed by atoms with Crippen molar-refractivity contribution >= 4 is 34.1 Å². The Kier molecular flexibility index (Phi) is 6.58. The van der Waals surface area contributed by atoms with E-state index >= 15 is 0 Å². The van der Waals surface area contributed by atoms with Crippen molar-refractivity contribution in [3.8, 4) is 0 Å². The molecule has 0 fully saturated rings. The fourth-order valence-electron chi connectivity index (χ4n) is 2.78. The number of hydrogen-bond donors (Lipinski definition) is 0. The van der Waals surface area contributed by atoms with Gasteiger partial charge in [-0.1, -0.05) is 18.2 Å². The third kappa shape index (κ3) is 4.23. The van der Waals surface area contributed by atoms with E-state index in [1.54, 1.807) is 32.0 Å². The highest BCUT2D eigenvalue weighted by Crippen LogP contribution is 2.29. The van der Waals surface area contributed by atoms with Crippen LogP contribution in [0.2, 0.25) is 0 Å². The Labute approximate surface area is 163 Å². The highest BCUT2D eigenvalue weighted by Gasteiger charge is 2.25. The van der Waals surface area contributed by atoms with Gasteiger partial charge in [0.15, 0.2) is 0 Å². The van der Waals surface area contributed by atoms with Crippen LogP contribution in [0.5, 0.6) is 0 Å². The molecule has 0 saturated heterocycles. The number of carbonyl (C=O) groups is 2. The van der Waals surface area contributed by atoms with E-state index in [0.29, 0.717) is 22.5 Å². The SMILES string of the molecule is COC(=O)/C=C/c1c(/C=C/C(=O)OC)c(C)n(S(=O)(=O)c2ccccc2)c1C. The Morgan fingerprint density at radius 2 is 1.29 bits per heavy atom. The summed E-state index contributed by atoms with van der Waals surface area (Å²) in [6.45, 7) is 3.25. The molecule has 1 aromatic heterocycles. The molecule has 0 bridgehead atoms. The predicted octanol–water partition coefficient (Wildman–Crippen LogP) is 2.71. The minimum absolute atomic E-state index is 0.128. The molecule has 0 amide bonds. The van der Waals surface area contributed by atoms with Crippen LogP contribution in [0.4, 0.5) is 0 Å². The van der Waals surface area contributed by atoms with Crippen LogP contribution in [0.3, 0.4) is 0 Å². The van der Waals surface area contributed by atoms with Gasteiger partial charge in [0.1, 0.15) is 0 Å². The van der Waals surface area contributed by atoms with Crippen LogP contribution >= 0.6 is 0 Å². The van der Waals surface area contributed by atoms with Gasteiger partial charge in [-0.2, -0.15) is 0 Å². The standard InChI is InChI=1S/C20H21NO6S/c1-14-17(10-12-19(22)26-3)18(11-13-20(23)27-4)15(2)21(14)28(24,25)16-8-6-5-7-9-16/h5-13H,1-4H3/b12-10+,13-11+. The van der Waals surface area contributed by atoms with Crippen LogP contribution in [-0.4, -0.2) is 38.5 Å². The molecule has 0 spiro atoms. The molecule has 2 rings (SSSR count). The molecule has 0 unspecified atom stereocenters. The Balaban J connectivity index is 2.73. The smallest absolute Gasteiger partial charge is 0.330 e. The first-order chi connectivity index (χ1) is 13.2. The molecule has 0 aliphatic carbocycles. The van der Waals surface area contributed by atoms with Crippen LogP contribution in [0.15, 0.2) is 47.4 Å². The lowest BCUT2D eigenvalue weighted by atomic mass is 10.1. The number of ether oxygens (including phenoxy) is 2. The largest absolute Gasteiger partial charge is 0.466 e.